The van der Waals surface area contributed by atoms with Gasteiger partial charge in [0.05, 0.1) is 30.1 Å². The maximum absolute atomic E-state index is 12.4. The Labute approximate surface area is 152 Å². The van der Waals surface area contributed by atoms with Crippen LogP contribution < -0.4 is 5.32 Å². The van der Waals surface area contributed by atoms with Gasteiger partial charge in [0.25, 0.3) is 5.91 Å². The largest absolute Gasteiger partial charge is 0.395 e. The Balaban J connectivity index is 1.71. The van der Waals surface area contributed by atoms with E-state index in [9.17, 15) is 13.2 Å². The zero-order valence-electron chi connectivity index (χ0n) is 14.5. The number of carbonyl (C=O) groups excluding carboxylic acids is 1. The van der Waals surface area contributed by atoms with Crippen molar-refractivity contribution < 1.29 is 18.3 Å². The minimum absolute atomic E-state index is 0.0100. The third kappa shape index (κ3) is 3.95. The molecule has 0 saturated heterocycles. The first-order valence-electron chi connectivity index (χ1n) is 8.39. The molecule has 2 aromatic rings. The molecule has 3 rings (SSSR count). The van der Waals surface area contributed by atoms with Gasteiger partial charge in [-0.1, -0.05) is 6.07 Å². The molecular weight excluding hydrogens is 356 g/mol. The van der Waals surface area contributed by atoms with Crippen molar-refractivity contribution >= 4 is 15.9 Å². The summed E-state index contributed by atoms with van der Waals surface area (Å²) in [6.07, 6.45) is 5.74. The topological polar surface area (TPSA) is 105 Å². The van der Waals surface area contributed by atoms with Gasteiger partial charge in [-0.25, -0.2) is 13.4 Å². The molecule has 1 aromatic heterocycles. The van der Waals surface area contributed by atoms with Crippen LogP contribution >= 0.6 is 0 Å². The number of aliphatic hydroxyl groups is 1. The summed E-state index contributed by atoms with van der Waals surface area (Å²) < 4.78 is 28.0. The van der Waals surface area contributed by atoms with E-state index >= 15 is 0 Å². The van der Waals surface area contributed by atoms with Crippen LogP contribution in [0.25, 0.3) is 0 Å². The number of amides is 1. The number of aliphatic hydroxyl groups excluding tert-OH is 1. The number of sulfonamides is 1. The van der Waals surface area contributed by atoms with E-state index in [1.807, 2.05) is 0 Å². The first-order valence-corrected chi connectivity index (χ1v) is 9.83. The molecule has 0 radical (unpaired) electrons. The zero-order valence-corrected chi connectivity index (χ0v) is 15.3. The van der Waals surface area contributed by atoms with Crippen LogP contribution in [0.4, 0.5) is 0 Å². The molecule has 0 atom stereocenters. The molecule has 1 aliphatic rings. The van der Waals surface area contributed by atoms with Crippen LogP contribution in [0.1, 0.15) is 34.9 Å². The van der Waals surface area contributed by atoms with E-state index in [1.54, 1.807) is 18.6 Å². The van der Waals surface area contributed by atoms with Gasteiger partial charge >= 0.3 is 0 Å². The first kappa shape index (κ1) is 18.6. The van der Waals surface area contributed by atoms with E-state index in [0.29, 0.717) is 12.6 Å². The number of nitrogens with one attached hydrogen (secondary N) is 1. The lowest BCUT2D eigenvalue weighted by Gasteiger charge is -2.16. The second kappa shape index (κ2) is 7.56. The predicted molar refractivity (Wildman–Crippen MR) is 95.0 cm³/mol. The highest BCUT2D eigenvalue weighted by Crippen LogP contribution is 2.35. The molecular formula is C17H22N4O4S. The Morgan fingerprint density at radius 3 is 2.88 bits per heavy atom. The summed E-state index contributed by atoms with van der Waals surface area (Å²) in [4.78, 5) is 16.6. The molecule has 8 nitrogen and oxygen atoms in total. The van der Waals surface area contributed by atoms with E-state index in [1.165, 1.54) is 25.2 Å². The van der Waals surface area contributed by atoms with Gasteiger partial charge in [0.15, 0.2) is 0 Å². The third-order valence-electron chi connectivity index (χ3n) is 4.34. The Morgan fingerprint density at radius 2 is 2.19 bits per heavy atom. The molecule has 2 N–H and O–H groups in total. The monoisotopic (exact) mass is 378 g/mol. The number of aromatic nitrogens is 2. The molecule has 140 valence electrons. The molecule has 9 heteroatoms. The Morgan fingerprint density at radius 1 is 1.42 bits per heavy atom. The van der Waals surface area contributed by atoms with Crippen molar-refractivity contribution in [3.63, 3.8) is 0 Å². The maximum Gasteiger partial charge on any atom is 0.251 e. The van der Waals surface area contributed by atoms with Crippen molar-refractivity contribution in [1.82, 2.24) is 19.2 Å². The van der Waals surface area contributed by atoms with Crippen LogP contribution in [0.2, 0.25) is 0 Å². The van der Waals surface area contributed by atoms with Crippen molar-refractivity contribution in [1.29, 1.82) is 0 Å². The first-order chi connectivity index (χ1) is 12.4. The molecule has 0 unspecified atom stereocenters. The number of benzene rings is 1. The van der Waals surface area contributed by atoms with Gasteiger partial charge < -0.3 is 15.0 Å². The Hall–Kier alpha value is -2.23. The lowest BCUT2D eigenvalue weighted by molar-refractivity contribution is 0.0949. The van der Waals surface area contributed by atoms with Gasteiger partial charge in [-0.15, -0.1) is 0 Å². The van der Waals surface area contributed by atoms with Gasteiger partial charge in [-0.2, -0.15) is 4.31 Å². The van der Waals surface area contributed by atoms with E-state index in [-0.39, 0.29) is 29.5 Å². The molecule has 1 aromatic carbocycles. The number of rotatable bonds is 8. The molecule has 0 spiro atoms. The summed E-state index contributed by atoms with van der Waals surface area (Å²) in [5, 5.41) is 11.7. The van der Waals surface area contributed by atoms with E-state index < -0.39 is 10.0 Å². The zero-order chi connectivity index (χ0) is 18.7. The minimum Gasteiger partial charge on any atom is -0.395 e. The van der Waals surface area contributed by atoms with Crippen molar-refractivity contribution in [3.05, 3.63) is 48.0 Å². The minimum atomic E-state index is -3.75. The summed E-state index contributed by atoms with van der Waals surface area (Å²) in [7, 11) is -2.36. The highest BCUT2D eigenvalue weighted by atomic mass is 32.2. The van der Waals surface area contributed by atoms with Crippen LogP contribution in [0, 0.1) is 0 Å². The number of hydrogen-bond acceptors (Lipinski definition) is 5. The van der Waals surface area contributed by atoms with Gasteiger partial charge in [-0.05, 0) is 31.0 Å². The molecule has 1 saturated carbocycles. The second-order valence-corrected chi connectivity index (χ2v) is 8.33. The molecule has 1 amide bonds. The number of imidazole rings is 1. The number of likely N-dealkylation sites (N-methyl/N-ethyl adjacent to an activating group) is 1. The van der Waals surface area contributed by atoms with Gasteiger partial charge in [0, 0.05) is 31.4 Å². The number of hydrogen-bond donors (Lipinski definition) is 2. The average molecular weight is 378 g/mol. The van der Waals surface area contributed by atoms with Crippen molar-refractivity contribution in [2.75, 3.05) is 20.2 Å². The van der Waals surface area contributed by atoms with E-state index in [4.69, 9.17) is 5.11 Å². The van der Waals surface area contributed by atoms with Crippen LogP contribution in [0.3, 0.4) is 0 Å². The quantitative estimate of drug-likeness (QED) is 0.706. The summed E-state index contributed by atoms with van der Waals surface area (Å²) >= 11 is 0. The molecule has 26 heavy (non-hydrogen) atoms. The summed E-state index contributed by atoms with van der Waals surface area (Å²) in [5.74, 6) is -0.351. The van der Waals surface area contributed by atoms with Gasteiger partial charge in [-0.3, -0.25) is 4.79 Å². The van der Waals surface area contributed by atoms with Gasteiger partial charge in [0.2, 0.25) is 10.0 Å². The number of carbonyl (C=O) groups is 1. The van der Waals surface area contributed by atoms with E-state index in [2.05, 4.69) is 14.9 Å². The molecule has 0 bridgehead atoms. The van der Waals surface area contributed by atoms with Crippen LogP contribution in [-0.4, -0.2) is 53.5 Å². The maximum atomic E-state index is 12.4. The smallest absolute Gasteiger partial charge is 0.251 e. The molecule has 0 aliphatic heterocycles. The summed E-state index contributed by atoms with van der Waals surface area (Å²) in [5.41, 5.74) is 1.19. The molecule has 1 heterocycles. The van der Waals surface area contributed by atoms with Crippen molar-refractivity contribution in [3.8, 4) is 0 Å². The third-order valence-corrected chi connectivity index (χ3v) is 6.19. The Kier molecular flexibility index (Phi) is 5.40. The second-order valence-electron chi connectivity index (χ2n) is 6.28. The summed E-state index contributed by atoms with van der Waals surface area (Å²) in [6, 6.07) is 6.35. The van der Waals surface area contributed by atoms with Crippen molar-refractivity contribution in [2.45, 2.75) is 30.3 Å². The molecule has 1 fully saturated rings. The predicted octanol–water partition coefficient (Wildman–Crippen LogP) is 0.761. The SMILES string of the molecule is CN(CCO)S(=O)(=O)c1cccc(C(=O)NCc2cncn2C2CC2)c1. The van der Waals surface area contributed by atoms with Crippen LogP contribution in [0.5, 0.6) is 0 Å². The van der Waals surface area contributed by atoms with Crippen LogP contribution in [-0.2, 0) is 16.6 Å². The standard InChI is InChI=1S/C17H22N4O4S/c1-20(7-8-22)26(24,25)16-4-2-3-13(9-16)17(23)19-11-15-10-18-12-21(15)14-5-6-14/h2-4,9-10,12,14,22H,5-8,11H2,1H3,(H,19,23). The lowest BCUT2D eigenvalue weighted by Crippen LogP contribution is -2.30. The molecule has 1 aliphatic carbocycles. The fourth-order valence-corrected chi connectivity index (χ4v) is 3.87. The normalized spacial score (nSPS) is 14.6. The van der Waals surface area contributed by atoms with E-state index in [0.717, 1.165) is 22.8 Å². The van der Waals surface area contributed by atoms with Gasteiger partial charge in [0.1, 0.15) is 0 Å². The number of nitrogens with zero attached hydrogens (tertiary/aromatic N) is 3. The van der Waals surface area contributed by atoms with Crippen molar-refractivity contribution in [2.24, 2.45) is 0 Å². The fourth-order valence-electron chi connectivity index (χ4n) is 2.66. The fraction of sp³-hybridized carbons (Fsp3) is 0.412. The average Bonchev–Trinajstić information content (AvgIpc) is 3.38. The lowest BCUT2D eigenvalue weighted by atomic mass is 10.2. The van der Waals surface area contributed by atoms with Crippen LogP contribution in [0.15, 0.2) is 41.7 Å². The Bertz CT molecular complexity index is 890. The highest BCUT2D eigenvalue weighted by Gasteiger charge is 2.25. The highest BCUT2D eigenvalue weighted by molar-refractivity contribution is 7.89. The summed E-state index contributed by atoms with van der Waals surface area (Å²) in [6.45, 7) is 0.0468.